The Hall–Kier alpha value is -1.60. The van der Waals surface area contributed by atoms with Gasteiger partial charge < -0.3 is 20.5 Å². The van der Waals surface area contributed by atoms with Gasteiger partial charge in [-0.05, 0) is 12.1 Å². The Morgan fingerprint density at radius 2 is 2.18 bits per heavy atom. The molecule has 0 aliphatic rings. The van der Waals surface area contributed by atoms with Gasteiger partial charge in [0.15, 0.2) is 0 Å². The molecule has 7 heteroatoms. The number of nitrogens with zero attached hydrogens (tertiary/aromatic N) is 2. The van der Waals surface area contributed by atoms with Crippen molar-refractivity contribution < 1.29 is 8.76 Å². The number of rotatable bonds is 4. The molecular formula is C10H15N4O2S-. The predicted molar refractivity (Wildman–Crippen MR) is 70.0 cm³/mol. The summed E-state index contributed by atoms with van der Waals surface area (Å²) in [7, 11) is 5.43. The molecule has 0 aromatic heterocycles. The standard InChI is InChI=1S/C10H16N4O2S/c1-12-7-5-4-6-8(14(2)3)9(7)10(11)13-17(15)16/h4-6,12H,1-3H3,(H2,11,13)(H,15,16)/p-1. The van der Waals surface area contributed by atoms with Crippen LogP contribution in [-0.2, 0) is 11.3 Å². The van der Waals surface area contributed by atoms with Crippen LogP contribution < -0.4 is 16.0 Å². The van der Waals surface area contributed by atoms with E-state index in [0.29, 0.717) is 5.56 Å². The van der Waals surface area contributed by atoms with Crippen LogP contribution in [0, 0.1) is 0 Å². The Balaban J connectivity index is 3.41. The Bertz CT molecular complexity index is 460. The third kappa shape index (κ3) is 3.18. The van der Waals surface area contributed by atoms with Crippen molar-refractivity contribution in [1.29, 1.82) is 0 Å². The van der Waals surface area contributed by atoms with E-state index >= 15 is 0 Å². The number of nitrogens with two attached hydrogens (primary N) is 1. The summed E-state index contributed by atoms with van der Waals surface area (Å²) >= 11 is -2.56. The maximum atomic E-state index is 10.6. The quantitative estimate of drug-likeness (QED) is 0.458. The lowest BCUT2D eigenvalue weighted by Crippen LogP contribution is -2.21. The van der Waals surface area contributed by atoms with Gasteiger partial charge in [0, 0.05) is 32.5 Å². The van der Waals surface area contributed by atoms with Crippen molar-refractivity contribution >= 4 is 28.5 Å². The number of hydrogen-bond acceptors (Lipinski definition) is 4. The van der Waals surface area contributed by atoms with Gasteiger partial charge in [-0.3, -0.25) is 4.21 Å². The van der Waals surface area contributed by atoms with Gasteiger partial charge in [-0.1, -0.05) is 6.07 Å². The highest BCUT2D eigenvalue weighted by molar-refractivity contribution is 7.77. The molecule has 0 saturated heterocycles. The maximum Gasteiger partial charge on any atom is 0.144 e. The molecule has 1 unspecified atom stereocenters. The molecular weight excluding hydrogens is 240 g/mol. The van der Waals surface area contributed by atoms with Gasteiger partial charge in [-0.25, -0.2) is 0 Å². The van der Waals surface area contributed by atoms with Crippen LogP contribution in [0.5, 0.6) is 0 Å². The Morgan fingerprint density at radius 3 is 2.65 bits per heavy atom. The van der Waals surface area contributed by atoms with Gasteiger partial charge in [0.2, 0.25) is 0 Å². The van der Waals surface area contributed by atoms with Crippen LogP contribution in [0.25, 0.3) is 0 Å². The third-order valence-corrected chi connectivity index (χ3v) is 2.57. The van der Waals surface area contributed by atoms with E-state index in [0.717, 1.165) is 11.4 Å². The van der Waals surface area contributed by atoms with Gasteiger partial charge in [0.1, 0.15) is 5.84 Å². The highest BCUT2D eigenvalue weighted by Crippen LogP contribution is 2.26. The number of anilines is 2. The van der Waals surface area contributed by atoms with Crippen molar-refractivity contribution in [3.8, 4) is 0 Å². The molecule has 1 atom stereocenters. The molecule has 0 radical (unpaired) electrons. The van der Waals surface area contributed by atoms with Crippen molar-refractivity contribution in [3.63, 3.8) is 0 Å². The number of amidine groups is 1. The van der Waals surface area contributed by atoms with E-state index in [2.05, 4.69) is 9.71 Å². The fourth-order valence-electron chi connectivity index (χ4n) is 1.52. The lowest BCUT2D eigenvalue weighted by atomic mass is 10.1. The van der Waals surface area contributed by atoms with Crippen LogP contribution in [0.3, 0.4) is 0 Å². The van der Waals surface area contributed by atoms with Crippen LogP contribution >= 0.6 is 0 Å². The summed E-state index contributed by atoms with van der Waals surface area (Å²) in [5.41, 5.74) is 7.79. The summed E-state index contributed by atoms with van der Waals surface area (Å²) in [5, 5.41) is 2.96. The number of benzene rings is 1. The molecule has 0 aliphatic carbocycles. The first-order valence-electron chi connectivity index (χ1n) is 4.89. The molecule has 0 spiro atoms. The van der Waals surface area contributed by atoms with Crippen molar-refractivity contribution in [2.24, 2.45) is 10.1 Å². The molecule has 1 aromatic carbocycles. The Morgan fingerprint density at radius 1 is 1.53 bits per heavy atom. The predicted octanol–water partition coefficient (Wildman–Crippen LogP) is 0.294. The number of hydrogen-bond donors (Lipinski definition) is 2. The molecule has 94 valence electrons. The molecule has 17 heavy (non-hydrogen) atoms. The van der Waals surface area contributed by atoms with Crippen LogP contribution in [0.2, 0.25) is 0 Å². The highest BCUT2D eigenvalue weighted by Gasteiger charge is 2.12. The summed E-state index contributed by atoms with van der Waals surface area (Å²) in [6.07, 6.45) is 0. The largest absolute Gasteiger partial charge is 0.754 e. The Labute approximate surface area is 103 Å². The topological polar surface area (TPSA) is 93.8 Å². The molecule has 1 aromatic rings. The van der Waals surface area contributed by atoms with Crippen LogP contribution in [-0.4, -0.2) is 35.7 Å². The van der Waals surface area contributed by atoms with Crippen molar-refractivity contribution in [2.45, 2.75) is 0 Å². The minimum atomic E-state index is -2.56. The zero-order valence-corrected chi connectivity index (χ0v) is 10.7. The maximum absolute atomic E-state index is 10.6. The van der Waals surface area contributed by atoms with Crippen molar-refractivity contribution in [2.75, 3.05) is 31.4 Å². The first-order chi connectivity index (χ1) is 7.97. The first kappa shape index (κ1) is 13.5. The fraction of sp³-hybridized carbons (Fsp3) is 0.300. The second-order valence-electron chi connectivity index (χ2n) is 3.54. The summed E-state index contributed by atoms with van der Waals surface area (Å²) in [5.74, 6) is -0.0352. The molecule has 0 amide bonds. The normalized spacial score (nSPS) is 13.3. The molecule has 0 saturated carbocycles. The van der Waals surface area contributed by atoms with Crippen LogP contribution in [0.4, 0.5) is 11.4 Å². The molecule has 6 nitrogen and oxygen atoms in total. The average Bonchev–Trinajstić information content (AvgIpc) is 2.26. The van der Waals surface area contributed by atoms with Gasteiger partial charge in [-0.2, -0.15) is 4.40 Å². The van der Waals surface area contributed by atoms with E-state index in [4.69, 9.17) is 5.73 Å². The molecule has 0 heterocycles. The van der Waals surface area contributed by atoms with E-state index in [-0.39, 0.29) is 5.84 Å². The number of nitrogens with one attached hydrogen (secondary N) is 1. The Kier molecular flexibility index (Phi) is 4.47. The zero-order chi connectivity index (χ0) is 13.0. The molecule has 1 rings (SSSR count). The molecule has 0 fully saturated rings. The smallest absolute Gasteiger partial charge is 0.144 e. The SMILES string of the molecule is CNc1cccc(N(C)C)c1C(N)=NS(=O)[O-]. The monoisotopic (exact) mass is 255 g/mol. The minimum absolute atomic E-state index is 0.0352. The summed E-state index contributed by atoms with van der Waals surface area (Å²) in [6, 6.07) is 5.50. The molecule has 0 aliphatic heterocycles. The summed E-state index contributed by atoms with van der Waals surface area (Å²) in [4.78, 5) is 1.84. The fourth-order valence-corrected chi connectivity index (χ4v) is 1.77. The van der Waals surface area contributed by atoms with Gasteiger partial charge in [-0.15, -0.1) is 0 Å². The summed E-state index contributed by atoms with van der Waals surface area (Å²) < 4.78 is 24.5. The second kappa shape index (κ2) is 5.65. The van der Waals surface area contributed by atoms with Crippen molar-refractivity contribution in [1.82, 2.24) is 0 Å². The van der Waals surface area contributed by atoms with E-state index in [9.17, 15) is 8.76 Å². The van der Waals surface area contributed by atoms with Gasteiger partial charge in [0.05, 0.1) is 16.8 Å². The van der Waals surface area contributed by atoms with E-state index in [1.165, 1.54) is 0 Å². The zero-order valence-electron chi connectivity index (χ0n) is 9.93. The summed E-state index contributed by atoms with van der Waals surface area (Å²) in [6.45, 7) is 0. The van der Waals surface area contributed by atoms with E-state index in [1.807, 2.05) is 31.1 Å². The van der Waals surface area contributed by atoms with Crippen LogP contribution in [0.1, 0.15) is 5.56 Å². The molecule has 0 bridgehead atoms. The van der Waals surface area contributed by atoms with Crippen molar-refractivity contribution in [3.05, 3.63) is 23.8 Å². The highest BCUT2D eigenvalue weighted by atomic mass is 32.2. The van der Waals surface area contributed by atoms with E-state index in [1.54, 1.807) is 13.1 Å². The minimum Gasteiger partial charge on any atom is -0.754 e. The lowest BCUT2D eigenvalue weighted by Gasteiger charge is -2.20. The first-order valence-corrected chi connectivity index (χ1v) is 5.92. The lowest BCUT2D eigenvalue weighted by molar-refractivity contribution is 0.539. The van der Waals surface area contributed by atoms with Gasteiger partial charge >= 0.3 is 0 Å². The van der Waals surface area contributed by atoms with Crippen LogP contribution in [0.15, 0.2) is 22.6 Å². The molecule has 3 N–H and O–H groups in total. The van der Waals surface area contributed by atoms with E-state index < -0.39 is 11.3 Å². The average molecular weight is 255 g/mol. The third-order valence-electron chi connectivity index (χ3n) is 2.22. The van der Waals surface area contributed by atoms with Gasteiger partial charge in [0.25, 0.3) is 0 Å². The second-order valence-corrected chi connectivity index (χ2v) is 4.15.